The third-order valence-corrected chi connectivity index (χ3v) is 15.0. The molecular formula is C67H44N4O. The Morgan fingerprint density at radius 3 is 1.61 bits per heavy atom. The number of nitrogens with zero attached hydrogens (tertiary/aromatic N) is 4. The number of ether oxygens (including phenoxy) is 1. The maximum Gasteiger partial charge on any atom is 0.145 e. The Morgan fingerprint density at radius 1 is 0.375 bits per heavy atom. The van der Waals surface area contributed by atoms with E-state index in [9.17, 15) is 0 Å². The highest BCUT2D eigenvalue weighted by Crippen LogP contribution is 2.58. The Morgan fingerprint density at radius 2 is 0.903 bits per heavy atom. The predicted molar refractivity (Wildman–Crippen MR) is 300 cm³/mol. The van der Waals surface area contributed by atoms with Gasteiger partial charge in [0.15, 0.2) is 0 Å². The van der Waals surface area contributed by atoms with Crippen LogP contribution >= 0.6 is 0 Å². The second-order valence-corrected chi connectivity index (χ2v) is 19.1. The Labute approximate surface area is 416 Å². The number of pyridine rings is 1. The first-order valence-electron chi connectivity index (χ1n) is 24.7. The lowest BCUT2D eigenvalue weighted by atomic mass is 9.92. The summed E-state index contributed by atoms with van der Waals surface area (Å²) >= 11 is 0. The molecule has 0 N–H and O–H groups in total. The molecule has 2 aliphatic rings. The molecule has 5 heteroatoms. The van der Waals surface area contributed by atoms with Crippen molar-refractivity contribution in [2.75, 3.05) is 16.5 Å². The van der Waals surface area contributed by atoms with Crippen LogP contribution < -0.4 is 14.5 Å². The van der Waals surface area contributed by atoms with Gasteiger partial charge in [0.1, 0.15) is 23.8 Å². The highest BCUT2D eigenvalue weighted by atomic mass is 16.5. The lowest BCUT2D eigenvalue weighted by Crippen LogP contribution is -2.25. The van der Waals surface area contributed by atoms with Crippen LogP contribution in [-0.2, 0) is 0 Å². The number of benzene rings is 10. The van der Waals surface area contributed by atoms with E-state index >= 15 is 0 Å². The van der Waals surface area contributed by atoms with Crippen LogP contribution in [-0.4, -0.2) is 16.1 Å². The number of rotatable bonds is 5. The minimum atomic E-state index is 0.604. The molecule has 3 aromatic heterocycles. The molecule has 5 heterocycles. The van der Waals surface area contributed by atoms with Gasteiger partial charge in [-0.1, -0.05) is 164 Å². The van der Waals surface area contributed by atoms with Gasteiger partial charge in [0.25, 0.3) is 0 Å². The molecule has 0 spiro atoms. The third-order valence-electron chi connectivity index (χ3n) is 15.0. The summed E-state index contributed by atoms with van der Waals surface area (Å²) in [5.41, 5.74) is 18.5. The normalized spacial score (nSPS) is 12.7. The number of para-hydroxylation sites is 2. The summed E-state index contributed by atoms with van der Waals surface area (Å²) in [5, 5.41) is 9.28. The van der Waals surface area contributed by atoms with Crippen molar-refractivity contribution in [2.45, 2.75) is 6.92 Å². The van der Waals surface area contributed by atoms with Crippen molar-refractivity contribution in [1.29, 1.82) is 0 Å². The molecule has 0 saturated carbocycles. The number of fused-ring (bicyclic) bond motifs is 15. The van der Waals surface area contributed by atoms with Crippen molar-refractivity contribution >= 4 is 82.5 Å². The molecule has 0 amide bonds. The van der Waals surface area contributed by atoms with Gasteiger partial charge in [0.05, 0.1) is 33.8 Å². The smallest absolute Gasteiger partial charge is 0.145 e. The minimum absolute atomic E-state index is 0.604. The highest BCUT2D eigenvalue weighted by Gasteiger charge is 2.37. The van der Waals surface area contributed by atoms with Crippen molar-refractivity contribution in [2.24, 2.45) is 0 Å². The van der Waals surface area contributed by atoms with Crippen LogP contribution in [0.25, 0.3) is 104 Å². The minimum Gasteiger partial charge on any atom is -0.457 e. The molecule has 13 aromatic rings. The van der Waals surface area contributed by atoms with Gasteiger partial charge in [-0.2, -0.15) is 0 Å². The van der Waals surface area contributed by atoms with E-state index in [1.54, 1.807) is 0 Å². The fraction of sp³-hybridized carbons (Fsp3) is 0.0299. The fourth-order valence-electron chi connectivity index (χ4n) is 12.0. The van der Waals surface area contributed by atoms with Crippen molar-refractivity contribution in [3.05, 3.63) is 242 Å². The van der Waals surface area contributed by atoms with E-state index in [1.165, 1.54) is 83.1 Å². The van der Waals surface area contributed by atoms with Crippen LogP contribution in [0.5, 0.6) is 11.5 Å². The Hall–Kier alpha value is -9.45. The van der Waals surface area contributed by atoms with Crippen molar-refractivity contribution < 1.29 is 4.74 Å². The van der Waals surface area contributed by atoms with E-state index in [0.717, 1.165) is 61.0 Å². The zero-order chi connectivity index (χ0) is 47.4. The van der Waals surface area contributed by atoms with Crippen molar-refractivity contribution in [3.63, 3.8) is 0 Å². The maximum absolute atomic E-state index is 7.11. The Balaban J connectivity index is 0.929. The van der Waals surface area contributed by atoms with E-state index in [-0.39, 0.29) is 0 Å². The molecule has 0 unspecified atom stereocenters. The first-order chi connectivity index (χ1) is 35.6. The number of aryl methyl sites for hydroxylation is 1. The standard InChI is InChI=1S/C67H44N4O/c1-42-37-59(43-17-4-2-5-18-43)64(60(38-42)44-19-6-3-7-20-44)69-41-70-62-39-45(32-34-53(62)49-23-10-12-25-51(49)56-29-15-31-61(69)66(56)70)72-46-33-35-54-57-28-14-27-55-50-24-11-8-21-47(50)48-22-9-13-26-52(48)58-30-16-36-68-67(58)71(65(55)57)63(54)40-46/h2-40H,41H2,1H3. The summed E-state index contributed by atoms with van der Waals surface area (Å²) in [6, 6.07) is 83.6. The second-order valence-electron chi connectivity index (χ2n) is 19.1. The van der Waals surface area contributed by atoms with Gasteiger partial charge in [-0.25, -0.2) is 4.98 Å². The molecule has 338 valence electrons. The molecule has 0 aliphatic carbocycles. The monoisotopic (exact) mass is 920 g/mol. The Bertz CT molecular complexity index is 4360. The first kappa shape index (κ1) is 40.4. The quantitative estimate of drug-likeness (QED) is 0.172. The highest BCUT2D eigenvalue weighted by molar-refractivity contribution is 6.25. The molecule has 0 radical (unpaired) electrons. The topological polar surface area (TPSA) is 33.0 Å². The third kappa shape index (κ3) is 6.04. The summed E-state index contributed by atoms with van der Waals surface area (Å²) in [4.78, 5) is 10.2. The molecule has 2 aliphatic heterocycles. The van der Waals surface area contributed by atoms with Gasteiger partial charge in [-0.05, 0) is 111 Å². The maximum atomic E-state index is 7.11. The molecule has 72 heavy (non-hydrogen) atoms. The molecular weight excluding hydrogens is 877 g/mol. The largest absolute Gasteiger partial charge is 0.457 e. The molecule has 0 fully saturated rings. The van der Waals surface area contributed by atoms with Crippen LogP contribution in [0.15, 0.2) is 237 Å². The van der Waals surface area contributed by atoms with Crippen molar-refractivity contribution in [3.8, 4) is 56.0 Å². The molecule has 0 saturated heterocycles. The molecule has 5 nitrogen and oxygen atoms in total. The fourth-order valence-corrected chi connectivity index (χ4v) is 12.0. The summed E-state index contributed by atoms with van der Waals surface area (Å²) < 4.78 is 9.47. The molecule has 0 bridgehead atoms. The summed E-state index contributed by atoms with van der Waals surface area (Å²) in [5.74, 6) is 1.51. The Kier molecular flexibility index (Phi) is 8.87. The van der Waals surface area contributed by atoms with E-state index in [4.69, 9.17) is 9.72 Å². The average Bonchev–Trinajstić information content (AvgIpc) is 3.97. The van der Waals surface area contributed by atoms with Crippen molar-refractivity contribution in [1.82, 2.24) is 9.38 Å². The van der Waals surface area contributed by atoms with Gasteiger partial charge in [-0.15, -0.1) is 0 Å². The number of aromatic nitrogens is 2. The average molecular weight is 921 g/mol. The number of hydrogen-bond acceptors (Lipinski definition) is 4. The molecule has 15 rings (SSSR count). The second kappa shape index (κ2) is 15.8. The van der Waals surface area contributed by atoms with Gasteiger partial charge < -0.3 is 14.5 Å². The van der Waals surface area contributed by atoms with Crippen LogP contribution in [0.2, 0.25) is 0 Å². The summed E-state index contributed by atoms with van der Waals surface area (Å²) in [7, 11) is 0. The van der Waals surface area contributed by atoms with Gasteiger partial charge in [-0.3, -0.25) is 4.40 Å². The lowest BCUT2D eigenvalue weighted by molar-refractivity contribution is 0.483. The summed E-state index contributed by atoms with van der Waals surface area (Å²) in [6.45, 7) is 2.81. The predicted octanol–water partition coefficient (Wildman–Crippen LogP) is 18.0. The lowest BCUT2D eigenvalue weighted by Gasteiger charge is -2.28. The first-order valence-corrected chi connectivity index (χ1v) is 24.7. The van der Waals surface area contributed by atoms with E-state index in [1.807, 2.05) is 12.3 Å². The van der Waals surface area contributed by atoms with Gasteiger partial charge in [0.2, 0.25) is 0 Å². The van der Waals surface area contributed by atoms with Crippen LogP contribution in [0.1, 0.15) is 5.56 Å². The van der Waals surface area contributed by atoms with Crippen LogP contribution in [0.4, 0.5) is 22.7 Å². The molecule has 0 atom stereocenters. The SMILES string of the molecule is Cc1cc(-c2ccccc2)c(N2CN3c4cc(Oc5ccc6c7cccc8c9ccccc9c9ccccc9c9cccnc9n(c6c5)c87)ccc4-c4ccccc4-c4cccc2c43)c(-c2ccccc2)c1. The van der Waals surface area contributed by atoms with Crippen LogP contribution in [0, 0.1) is 6.92 Å². The summed E-state index contributed by atoms with van der Waals surface area (Å²) in [6.07, 6.45) is 1.91. The zero-order valence-electron chi connectivity index (χ0n) is 39.4. The van der Waals surface area contributed by atoms with E-state index in [0.29, 0.717) is 6.67 Å². The van der Waals surface area contributed by atoms with E-state index in [2.05, 4.69) is 246 Å². The van der Waals surface area contributed by atoms with Gasteiger partial charge >= 0.3 is 0 Å². The molecule has 10 aromatic carbocycles. The number of anilines is 4. The van der Waals surface area contributed by atoms with E-state index < -0.39 is 0 Å². The zero-order valence-corrected chi connectivity index (χ0v) is 39.4. The van der Waals surface area contributed by atoms with Gasteiger partial charge in [0, 0.05) is 62.1 Å². The number of hydrogen-bond donors (Lipinski definition) is 0. The van der Waals surface area contributed by atoms with Crippen LogP contribution in [0.3, 0.4) is 0 Å².